The molecule has 0 N–H and O–H groups in total. The zero-order valence-electron chi connectivity index (χ0n) is 14.0. The fraction of sp³-hybridized carbons (Fsp3) is 0.714. The van der Waals surface area contributed by atoms with Crippen molar-refractivity contribution in [2.75, 3.05) is 13.2 Å². The fourth-order valence-corrected chi connectivity index (χ4v) is 1.02. The van der Waals surface area contributed by atoms with Gasteiger partial charge in [0.15, 0.2) is 0 Å². The third-order valence-corrected chi connectivity index (χ3v) is 1.64. The number of carbonyl (C=O) groups is 2. The van der Waals surface area contributed by atoms with E-state index < -0.39 is 23.5 Å². The Morgan fingerprint density at radius 2 is 1.36 bits per heavy atom. The van der Waals surface area contributed by atoms with Gasteiger partial charge in [0.2, 0.25) is 0 Å². The van der Waals surface area contributed by atoms with Crippen molar-refractivity contribution in [1.29, 1.82) is 0 Å². The summed E-state index contributed by atoms with van der Waals surface area (Å²) in [5.74, 6) is 0. The summed E-state index contributed by atoms with van der Waals surface area (Å²) in [4.78, 5) is 32.8. The SMILES string of the molecule is C=COCCN(OC(=O)OC(C)(C)C)OC(=O)OC(C)(C)C. The maximum absolute atomic E-state index is 11.6. The minimum Gasteiger partial charge on any atom is -0.500 e. The quantitative estimate of drug-likeness (QED) is 0.319. The van der Waals surface area contributed by atoms with E-state index in [-0.39, 0.29) is 13.2 Å². The van der Waals surface area contributed by atoms with E-state index >= 15 is 0 Å². The fourth-order valence-electron chi connectivity index (χ4n) is 1.02. The average molecular weight is 319 g/mol. The monoisotopic (exact) mass is 319 g/mol. The maximum atomic E-state index is 11.6. The summed E-state index contributed by atoms with van der Waals surface area (Å²) < 4.78 is 14.8. The number of hydroxylamine groups is 2. The first kappa shape index (κ1) is 20.0. The van der Waals surface area contributed by atoms with Gasteiger partial charge in [0.25, 0.3) is 0 Å². The van der Waals surface area contributed by atoms with Crippen molar-refractivity contribution in [3.63, 3.8) is 0 Å². The van der Waals surface area contributed by atoms with Crippen molar-refractivity contribution in [2.24, 2.45) is 0 Å². The Morgan fingerprint density at radius 3 is 1.68 bits per heavy atom. The first-order valence-electron chi connectivity index (χ1n) is 6.75. The summed E-state index contributed by atoms with van der Waals surface area (Å²) in [5, 5.41) is 0.631. The van der Waals surface area contributed by atoms with Gasteiger partial charge in [-0.3, -0.25) is 9.68 Å². The molecule has 128 valence electrons. The van der Waals surface area contributed by atoms with E-state index in [1.54, 1.807) is 41.5 Å². The van der Waals surface area contributed by atoms with Crippen molar-refractivity contribution < 1.29 is 33.5 Å². The van der Waals surface area contributed by atoms with Gasteiger partial charge in [0, 0.05) is 5.23 Å². The van der Waals surface area contributed by atoms with E-state index in [0.29, 0.717) is 5.23 Å². The molecule has 0 aromatic carbocycles. The van der Waals surface area contributed by atoms with Crippen LogP contribution in [-0.4, -0.2) is 41.9 Å². The normalized spacial score (nSPS) is 11.6. The molecule has 8 heteroatoms. The van der Waals surface area contributed by atoms with Crippen LogP contribution in [0, 0.1) is 0 Å². The second-order valence-electron chi connectivity index (χ2n) is 6.21. The lowest BCUT2D eigenvalue weighted by Crippen LogP contribution is -2.37. The Labute approximate surface area is 130 Å². The maximum Gasteiger partial charge on any atom is 0.531 e. The van der Waals surface area contributed by atoms with Crippen molar-refractivity contribution in [2.45, 2.75) is 52.7 Å². The molecule has 0 heterocycles. The molecule has 8 nitrogen and oxygen atoms in total. The largest absolute Gasteiger partial charge is 0.531 e. The lowest BCUT2D eigenvalue weighted by atomic mass is 10.2. The highest BCUT2D eigenvalue weighted by atomic mass is 17.0. The summed E-state index contributed by atoms with van der Waals surface area (Å²) in [7, 11) is 0. The molecule has 0 aliphatic heterocycles. The molecule has 0 aliphatic carbocycles. The smallest absolute Gasteiger partial charge is 0.500 e. The lowest BCUT2D eigenvalue weighted by molar-refractivity contribution is -0.321. The highest BCUT2D eigenvalue weighted by Crippen LogP contribution is 2.12. The van der Waals surface area contributed by atoms with E-state index in [1.165, 1.54) is 6.26 Å². The van der Waals surface area contributed by atoms with Gasteiger partial charge in [0.1, 0.15) is 24.4 Å². The summed E-state index contributed by atoms with van der Waals surface area (Å²) >= 11 is 0. The molecule has 0 spiro atoms. The molecule has 0 unspecified atom stereocenters. The van der Waals surface area contributed by atoms with Crippen molar-refractivity contribution in [3.05, 3.63) is 12.8 Å². The van der Waals surface area contributed by atoms with Crippen molar-refractivity contribution in [1.82, 2.24) is 5.23 Å². The molecule has 0 atom stereocenters. The molecule has 0 saturated heterocycles. The van der Waals surface area contributed by atoms with E-state index in [0.717, 1.165) is 0 Å². The molecule has 0 radical (unpaired) electrons. The van der Waals surface area contributed by atoms with Gasteiger partial charge >= 0.3 is 12.3 Å². The Kier molecular flexibility index (Phi) is 7.72. The van der Waals surface area contributed by atoms with Gasteiger partial charge in [-0.15, -0.1) is 0 Å². The topological polar surface area (TPSA) is 83.5 Å². The van der Waals surface area contributed by atoms with Gasteiger partial charge < -0.3 is 14.2 Å². The first-order chi connectivity index (χ1) is 9.93. The zero-order valence-corrected chi connectivity index (χ0v) is 14.0. The van der Waals surface area contributed by atoms with Crippen LogP contribution >= 0.6 is 0 Å². The van der Waals surface area contributed by atoms with Gasteiger partial charge in [-0.2, -0.15) is 0 Å². The van der Waals surface area contributed by atoms with E-state index in [9.17, 15) is 9.59 Å². The predicted octanol–water partition coefficient (Wildman–Crippen LogP) is 3.18. The van der Waals surface area contributed by atoms with Crippen LogP contribution in [0.1, 0.15) is 41.5 Å². The van der Waals surface area contributed by atoms with Gasteiger partial charge in [-0.05, 0) is 41.5 Å². The standard InChI is InChI=1S/C14H25NO7/c1-8-18-10-9-15(21-11(16)19-13(2,3)4)22-12(17)20-14(5,6)7/h8H,1,9-10H2,2-7H3. The first-order valence-corrected chi connectivity index (χ1v) is 6.75. The molecular formula is C14H25NO7. The molecule has 0 amide bonds. The molecular weight excluding hydrogens is 294 g/mol. The Balaban J connectivity index is 4.57. The van der Waals surface area contributed by atoms with E-state index in [4.69, 9.17) is 23.9 Å². The Hall–Kier alpha value is -1.96. The van der Waals surface area contributed by atoms with E-state index in [2.05, 4.69) is 6.58 Å². The number of rotatable bonds is 6. The Morgan fingerprint density at radius 1 is 0.955 bits per heavy atom. The van der Waals surface area contributed by atoms with Crippen molar-refractivity contribution in [3.8, 4) is 0 Å². The van der Waals surface area contributed by atoms with Gasteiger partial charge in [-0.25, -0.2) is 9.59 Å². The summed E-state index contributed by atoms with van der Waals surface area (Å²) in [5.41, 5.74) is -1.49. The summed E-state index contributed by atoms with van der Waals surface area (Å²) in [6.07, 6.45) is -0.830. The lowest BCUT2D eigenvalue weighted by Gasteiger charge is -2.24. The number of carbonyl (C=O) groups excluding carboxylic acids is 2. The molecule has 0 aromatic heterocycles. The van der Waals surface area contributed by atoms with Crippen LogP contribution in [0.2, 0.25) is 0 Å². The number of hydrogen-bond acceptors (Lipinski definition) is 8. The third-order valence-electron chi connectivity index (χ3n) is 1.64. The molecule has 22 heavy (non-hydrogen) atoms. The minimum atomic E-state index is -1.02. The molecule has 0 aromatic rings. The van der Waals surface area contributed by atoms with Crippen LogP contribution in [0.3, 0.4) is 0 Å². The number of ether oxygens (including phenoxy) is 3. The Bertz CT molecular complexity index is 352. The second-order valence-corrected chi connectivity index (χ2v) is 6.21. The van der Waals surface area contributed by atoms with Crippen LogP contribution in [0.15, 0.2) is 12.8 Å². The summed E-state index contributed by atoms with van der Waals surface area (Å²) in [6.45, 7) is 13.4. The van der Waals surface area contributed by atoms with Crippen LogP contribution in [0.4, 0.5) is 9.59 Å². The van der Waals surface area contributed by atoms with E-state index in [1.807, 2.05) is 0 Å². The third kappa shape index (κ3) is 11.8. The van der Waals surface area contributed by atoms with Crippen LogP contribution in [0.25, 0.3) is 0 Å². The van der Waals surface area contributed by atoms with Crippen LogP contribution in [0.5, 0.6) is 0 Å². The number of hydrogen-bond donors (Lipinski definition) is 0. The molecule has 0 bridgehead atoms. The predicted molar refractivity (Wildman–Crippen MR) is 77.5 cm³/mol. The molecule has 0 rings (SSSR count). The number of nitrogens with zero attached hydrogens (tertiary/aromatic N) is 1. The molecule has 0 aliphatic rings. The summed E-state index contributed by atoms with van der Waals surface area (Å²) in [6, 6.07) is 0. The average Bonchev–Trinajstić information content (AvgIpc) is 2.23. The highest BCUT2D eigenvalue weighted by molar-refractivity contribution is 5.61. The van der Waals surface area contributed by atoms with Gasteiger partial charge in [-0.1, -0.05) is 6.58 Å². The van der Waals surface area contributed by atoms with Crippen LogP contribution in [-0.2, 0) is 23.9 Å². The van der Waals surface area contributed by atoms with Gasteiger partial charge in [0.05, 0.1) is 6.26 Å². The van der Waals surface area contributed by atoms with Crippen LogP contribution < -0.4 is 0 Å². The molecule has 0 saturated carbocycles. The minimum absolute atomic E-state index is 0.0511. The zero-order chi connectivity index (χ0) is 17.4. The van der Waals surface area contributed by atoms with Crippen molar-refractivity contribution >= 4 is 12.3 Å². The second kappa shape index (κ2) is 8.47. The highest BCUT2D eigenvalue weighted by Gasteiger charge is 2.25. The molecule has 0 fully saturated rings.